The van der Waals surface area contributed by atoms with Gasteiger partial charge in [-0.1, -0.05) is 36.7 Å². The topological polar surface area (TPSA) is 32.3 Å². The van der Waals surface area contributed by atoms with Crippen LogP contribution in [-0.2, 0) is 6.42 Å². The standard InChI is InChI=1S/C16H19ClN4/c1-2-13-5-3-4-6-14(13)20-9-11-21(12-10-20)16-8-7-15(17)18-19-16/h3-8H,2,9-12H2,1H3. The number of rotatable bonds is 3. The van der Waals surface area contributed by atoms with Gasteiger partial charge in [0.05, 0.1) is 0 Å². The van der Waals surface area contributed by atoms with Gasteiger partial charge >= 0.3 is 0 Å². The third-order valence-electron chi connectivity index (χ3n) is 3.93. The number of para-hydroxylation sites is 1. The first-order valence-corrected chi connectivity index (χ1v) is 7.72. The van der Waals surface area contributed by atoms with Crippen molar-refractivity contribution in [2.45, 2.75) is 13.3 Å². The second-order valence-electron chi connectivity index (χ2n) is 5.17. The van der Waals surface area contributed by atoms with Crippen LogP contribution in [0.4, 0.5) is 11.5 Å². The maximum Gasteiger partial charge on any atom is 0.151 e. The Morgan fingerprint density at radius 3 is 2.33 bits per heavy atom. The van der Waals surface area contributed by atoms with Crippen LogP contribution in [0.5, 0.6) is 0 Å². The molecule has 0 atom stereocenters. The third kappa shape index (κ3) is 3.10. The lowest BCUT2D eigenvalue weighted by Crippen LogP contribution is -2.47. The average Bonchev–Trinajstić information content (AvgIpc) is 2.56. The summed E-state index contributed by atoms with van der Waals surface area (Å²) in [7, 11) is 0. The molecule has 3 rings (SSSR count). The van der Waals surface area contributed by atoms with Crippen molar-refractivity contribution < 1.29 is 0 Å². The highest BCUT2D eigenvalue weighted by Gasteiger charge is 2.19. The van der Waals surface area contributed by atoms with Crippen molar-refractivity contribution in [2.75, 3.05) is 36.0 Å². The van der Waals surface area contributed by atoms with Crippen molar-refractivity contribution in [3.8, 4) is 0 Å². The summed E-state index contributed by atoms with van der Waals surface area (Å²) in [6, 6.07) is 12.4. The molecule has 2 heterocycles. The van der Waals surface area contributed by atoms with Crippen LogP contribution in [0.15, 0.2) is 36.4 Å². The van der Waals surface area contributed by atoms with Gasteiger partial charge < -0.3 is 9.80 Å². The van der Waals surface area contributed by atoms with E-state index in [0.717, 1.165) is 38.4 Å². The molecule has 21 heavy (non-hydrogen) atoms. The molecular weight excluding hydrogens is 284 g/mol. The fraction of sp³-hybridized carbons (Fsp3) is 0.375. The van der Waals surface area contributed by atoms with Gasteiger partial charge in [0, 0.05) is 31.9 Å². The molecule has 1 aliphatic rings. The summed E-state index contributed by atoms with van der Waals surface area (Å²) in [5.74, 6) is 0.905. The predicted octanol–water partition coefficient (Wildman–Crippen LogP) is 3.02. The summed E-state index contributed by atoms with van der Waals surface area (Å²) in [6.07, 6.45) is 1.07. The number of hydrogen-bond acceptors (Lipinski definition) is 4. The minimum absolute atomic E-state index is 0.439. The van der Waals surface area contributed by atoms with Crippen LogP contribution in [0.2, 0.25) is 5.15 Å². The zero-order chi connectivity index (χ0) is 14.7. The van der Waals surface area contributed by atoms with Gasteiger partial charge in [-0.15, -0.1) is 10.2 Å². The maximum absolute atomic E-state index is 5.79. The number of nitrogens with zero attached hydrogens (tertiary/aromatic N) is 4. The first-order valence-electron chi connectivity index (χ1n) is 7.35. The lowest BCUT2D eigenvalue weighted by molar-refractivity contribution is 0.642. The normalized spacial score (nSPS) is 15.3. The summed E-state index contributed by atoms with van der Waals surface area (Å²) in [5, 5.41) is 8.52. The molecule has 0 bridgehead atoms. The van der Waals surface area contributed by atoms with Gasteiger partial charge in [-0.3, -0.25) is 0 Å². The van der Waals surface area contributed by atoms with Crippen LogP contribution >= 0.6 is 11.6 Å². The highest BCUT2D eigenvalue weighted by atomic mass is 35.5. The summed E-state index contributed by atoms with van der Waals surface area (Å²) < 4.78 is 0. The van der Waals surface area contributed by atoms with E-state index in [-0.39, 0.29) is 0 Å². The molecule has 0 unspecified atom stereocenters. The van der Waals surface area contributed by atoms with E-state index in [1.165, 1.54) is 11.3 Å². The number of hydrogen-bond donors (Lipinski definition) is 0. The highest BCUT2D eigenvalue weighted by Crippen LogP contribution is 2.23. The molecule has 0 aliphatic carbocycles. The first kappa shape index (κ1) is 14.1. The van der Waals surface area contributed by atoms with Crippen molar-refractivity contribution in [3.63, 3.8) is 0 Å². The van der Waals surface area contributed by atoms with Gasteiger partial charge in [0.15, 0.2) is 11.0 Å². The minimum atomic E-state index is 0.439. The Hall–Kier alpha value is -1.81. The largest absolute Gasteiger partial charge is 0.368 e. The van der Waals surface area contributed by atoms with E-state index < -0.39 is 0 Å². The van der Waals surface area contributed by atoms with Crippen molar-refractivity contribution >= 4 is 23.1 Å². The number of anilines is 2. The second-order valence-corrected chi connectivity index (χ2v) is 5.56. The van der Waals surface area contributed by atoms with E-state index in [2.05, 4.69) is 51.2 Å². The maximum atomic E-state index is 5.79. The molecule has 0 amide bonds. The molecule has 1 saturated heterocycles. The summed E-state index contributed by atoms with van der Waals surface area (Å²) in [5.41, 5.74) is 2.78. The monoisotopic (exact) mass is 302 g/mol. The SMILES string of the molecule is CCc1ccccc1N1CCN(c2ccc(Cl)nn2)CC1. The molecule has 0 radical (unpaired) electrons. The Labute approximate surface area is 130 Å². The molecule has 1 aromatic heterocycles. The van der Waals surface area contributed by atoms with Gasteiger partial charge in [-0.2, -0.15) is 0 Å². The zero-order valence-corrected chi connectivity index (χ0v) is 12.9. The second kappa shape index (κ2) is 6.31. The van der Waals surface area contributed by atoms with Gasteiger partial charge in [-0.25, -0.2) is 0 Å². The number of aromatic nitrogens is 2. The molecule has 5 heteroatoms. The van der Waals surface area contributed by atoms with Gasteiger partial charge in [0.25, 0.3) is 0 Å². The van der Waals surface area contributed by atoms with Crippen molar-refractivity contribution in [1.29, 1.82) is 0 Å². The summed E-state index contributed by atoms with van der Waals surface area (Å²) in [6.45, 7) is 6.11. The smallest absolute Gasteiger partial charge is 0.151 e. The van der Waals surface area contributed by atoms with Gasteiger partial charge in [0.1, 0.15) is 0 Å². The zero-order valence-electron chi connectivity index (χ0n) is 12.2. The Morgan fingerprint density at radius 1 is 0.952 bits per heavy atom. The van der Waals surface area contributed by atoms with E-state index in [4.69, 9.17) is 11.6 Å². The molecule has 0 spiro atoms. The predicted molar refractivity (Wildman–Crippen MR) is 87.3 cm³/mol. The fourth-order valence-electron chi connectivity index (χ4n) is 2.77. The molecule has 2 aromatic rings. The van der Waals surface area contributed by atoms with Gasteiger partial charge in [0.2, 0.25) is 0 Å². The van der Waals surface area contributed by atoms with Crippen LogP contribution < -0.4 is 9.80 Å². The first-order chi connectivity index (χ1) is 10.3. The van der Waals surface area contributed by atoms with Crippen LogP contribution in [0.3, 0.4) is 0 Å². The van der Waals surface area contributed by atoms with E-state index in [9.17, 15) is 0 Å². The Morgan fingerprint density at radius 2 is 1.67 bits per heavy atom. The number of piperazine rings is 1. The van der Waals surface area contributed by atoms with E-state index in [1.54, 1.807) is 6.07 Å². The molecule has 1 aromatic carbocycles. The number of aryl methyl sites for hydroxylation is 1. The van der Waals surface area contributed by atoms with E-state index in [0.29, 0.717) is 5.15 Å². The Kier molecular flexibility index (Phi) is 4.25. The molecule has 4 nitrogen and oxygen atoms in total. The van der Waals surface area contributed by atoms with Crippen molar-refractivity contribution in [1.82, 2.24) is 10.2 Å². The molecule has 110 valence electrons. The van der Waals surface area contributed by atoms with Crippen molar-refractivity contribution in [2.24, 2.45) is 0 Å². The van der Waals surface area contributed by atoms with Crippen molar-refractivity contribution in [3.05, 3.63) is 47.1 Å². The van der Waals surface area contributed by atoms with Crippen LogP contribution in [-0.4, -0.2) is 36.4 Å². The average molecular weight is 303 g/mol. The Balaban J connectivity index is 1.69. The van der Waals surface area contributed by atoms with Crippen LogP contribution in [0.1, 0.15) is 12.5 Å². The lowest BCUT2D eigenvalue weighted by atomic mass is 10.1. The quantitative estimate of drug-likeness (QED) is 0.872. The fourth-order valence-corrected chi connectivity index (χ4v) is 2.87. The lowest BCUT2D eigenvalue weighted by Gasteiger charge is -2.37. The number of benzene rings is 1. The molecule has 0 N–H and O–H groups in total. The summed E-state index contributed by atoms with van der Waals surface area (Å²) in [4.78, 5) is 4.72. The molecule has 1 aliphatic heterocycles. The highest BCUT2D eigenvalue weighted by molar-refractivity contribution is 6.29. The minimum Gasteiger partial charge on any atom is -0.368 e. The third-order valence-corrected chi connectivity index (χ3v) is 4.14. The molecule has 1 fully saturated rings. The number of halogens is 1. The Bertz CT molecular complexity index is 591. The van der Waals surface area contributed by atoms with Crippen LogP contribution in [0.25, 0.3) is 0 Å². The van der Waals surface area contributed by atoms with E-state index in [1.807, 2.05) is 6.07 Å². The molecular formula is C16H19ClN4. The summed E-state index contributed by atoms with van der Waals surface area (Å²) >= 11 is 5.79. The molecule has 0 saturated carbocycles. The van der Waals surface area contributed by atoms with Gasteiger partial charge in [-0.05, 0) is 30.2 Å². The van der Waals surface area contributed by atoms with E-state index >= 15 is 0 Å². The van der Waals surface area contributed by atoms with Crippen LogP contribution in [0, 0.1) is 0 Å².